The topological polar surface area (TPSA) is 79.6 Å². The highest BCUT2D eigenvalue weighted by Gasteiger charge is 2.04. The third-order valence-corrected chi connectivity index (χ3v) is 2.59. The third kappa shape index (κ3) is 1.98. The lowest BCUT2D eigenvalue weighted by molar-refractivity contribution is 1.04. The monoisotopic (exact) mass is 217 g/mol. The molecule has 2 rings (SSSR count). The van der Waals surface area contributed by atoms with E-state index in [1.54, 1.807) is 12.4 Å². The minimum atomic E-state index is 0.670. The van der Waals surface area contributed by atoms with Crippen molar-refractivity contribution in [3.8, 4) is 0 Å². The molecule has 0 spiro atoms. The number of rotatable bonds is 3. The number of nitrogen functional groups attached to an aromatic ring is 1. The largest absolute Gasteiger partial charge is 0.396 e. The van der Waals surface area contributed by atoms with Gasteiger partial charge in [0.2, 0.25) is 0 Å². The van der Waals surface area contributed by atoms with Crippen LogP contribution in [0.3, 0.4) is 0 Å². The zero-order chi connectivity index (χ0) is 11.5. The summed E-state index contributed by atoms with van der Waals surface area (Å²) in [5, 5.41) is 10.0. The fourth-order valence-corrected chi connectivity index (χ4v) is 1.44. The minimum Gasteiger partial charge on any atom is -0.396 e. The van der Waals surface area contributed by atoms with Gasteiger partial charge in [0, 0.05) is 24.0 Å². The molecule has 0 fully saturated rings. The molecule has 0 unspecified atom stereocenters. The number of aromatic nitrogens is 3. The SMILES string of the molecule is Cc1ccnc(NCc2cn[nH]c2C)c1N. The van der Waals surface area contributed by atoms with E-state index in [1.165, 1.54) is 0 Å². The molecule has 2 aromatic rings. The van der Waals surface area contributed by atoms with E-state index in [4.69, 9.17) is 5.73 Å². The van der Waals surface area contributed by atoms with Crippen LogP contribution in [0, 0.1) is 13.8 Å². The van der Waals surface area contributed by atoms with Crippen LogP contribution >= 0.6 is 0 Å². The summed E-state index contributed by atoms with van der Waals surface area (Å²) in [6.07, 6.45) is 3.55. The number of anilines is 2. The smallest absolute Gasteiger partial charge is 0.149 e. The number of H-pyrrole nitrogens is 1. The van der Waals surface area contributed by atoms with E-state index in [-0.39, 0.29) is 0 Å². The van der Waals surface area contributed by atoms with Gasteiger partial charge in [0.25, 0.3) is 0 Å². The second-order valence-electron chi connectivity index (χ2n) is 3.76. The lowest BCUT2D eigenvalue weighted by Gasteiger charge is -2.09. The first-order valence-corrected chi connectivity index (χ1v) is 5.12. The molecular weight excluding hydrogens is 202 g/mol. The van der Waals surface area contributed by atoms with Gasteiger partial charge in [0.15, 0.2) is 0 Å². The van der Waals surface area contributed by atoms with Crippen molar-refractivity contribution in [2.24, 2.45) is 0 Å². The molecular formula is C11H15N5. The normalized spacial score (nSPS) is 10.4. The summed E-state index contributed by atoms with van der Waals surface area (Å²) >= 11 is 0. The first kappa shape index (κ1) is 10.5. The molecule has 5 nitrogen and oxygen atoms in total. The fraction of sp³-hybridized carbons (Fsp3) is 0.273. The molecule has 2 aromatic heterocycles. The van der Waals surface area contributed by atoms with E-state index in [0.717, 1.165) is 22.6 Å². The molecule has 84 valence electrons. The maximum atomic E-state index is 5.91. The summed E-state index contributed by atoms with van der Waals surface area (Å²) in [4.78, 5) is 4.20. The molecule has 2 heterocycles. The van der Waals surface area contributed by atoms with Crippen LogP contribution < -0.4 is 11.1 Å². The highest BCUT2D eigenvalue weighted by Crippen LogP contribution is 2.19. The summed E-state index contributed by atoms with van der Waals surface area (Å²) in [6.45, 7) is 4.62. The van der Waals surface area contributed by atoms with Crippen molar-refractivity contribution in [2.45, 2.75) is 20.4 Å². The quantitative estimate of drug-likeness (QED) is 0.729. The molecule has 0 amide bonds. The van der Waals surface area contributed by atoms with Gasteiger partial charge in [-0.25, -0.2) is 4.98 Å². The van der Waals surface area contributed by atoms with Crippen molar-refractivity contribution in [1.82, 2.24) is 15.2 Å². The summed E-state index contributed by atoms with van der Waals surface area (Å²) in [7, 11) is 0. The Kier molecular flexibility index (Phi) is 2.76. The van der Waals surface area contributed by atoms with Crippen LogP contribution in [0.15, 0.2) is 18.5 Å². The van der Waals surface area contributed by atoms with Gasteiger partial charge in [-0.3, -0.25) is 5.10 Å². The van der Waals surface area contributed by atoms with Gasteiger partial charge in [-0.1, -0.05) is 0 Å². The van der Waals surface area contributed by atoms with Crippen molar-refractivity contribution in [2.75, 3.05) is 11.1 Å². The molecule has 16 heavy (non-hydrogen) atoms. The van der Waals surface area contributed by atoms with Gasteiger partial charge in [-0.2, -0.15) is 5.10 Å². The number of hydrogen-bond donors (Lipinski definition) is 3. The Hall–Kier alpha value is -2.04. The molecule has 0 aliphatic carbocycles. The van der Waals surface area contributed by atoms with E-state index < -0.39 is 0 Å². The molecule has 4 N–H and O–H groups in total. The van der Waals surface area contributed by atoms with E-state index >= 15 is 0 Å². The van der Waals surface area contributed by atoms with Gasteiger partial charge >= 0.3 is 0 Å². The Morgan fingerprint density at radius 2 is 2.25 bits per heavy atom. The zero-order valence-electron chi connectivity index (χ0n) is 9.41. The average Bonchev–Trinajstić information content (AvgIpc) is 2.67. The van der Waals surface area contributed by atoms with Gasteiger partial charge in [0.05, 0.1) is 11.9 Å². The van der Waals surface area contributed by atoms with Gasteiger partial charge < -0.3 is 11.1 Å². The summed E-state index contributed by atoms with van der Waals surface area (Å²) < 4.78 is 0. The van der Waals surface area contributed by atoms with Crippen LogP contribution in [-0.2, 0) is 6.54 Å². The Morgan fingerprint density at radius 3 is 2.94 bits per heavy atom. The first-order valence-electron chi connectivity index (χ1n) is 5.12. The molecule has 0 aliphatic heterocycles. The molecule has 0 bridgehead atoms. The van der Waals surface area contributed by atoms with Crippen LogP contribution in [0.25, 0.3) is 0 Å². The minimum absolute atomic E-state index is 0.670. The summed E-state index contributed by atoms with van der Waals surface area (Å²) in [5.74, 6) is 0.723. The number of hydrogen-bond acceptors (Lipinski definition) is 4. The summed E-state index contributed by atoms with van der Waals surface area (Å²) in [6, 6.07) is 1.89. The number of nitrogens with two attached hydrogens (primary N) is 1. The van der Waals surface area contributed by atoms with Crippen molar-refractivity contribution in [1.29, 1.82) is 0 Å². The van der Waals surface area contributed by atoms with Crippen LogP contribution in [0.1, 0.15) is 16.8 Å². The number of pyridine rings is 1. The molecule has 5 heteroatoms. The zero-order valence-corrected chi connectivity index (χ0v) is 9.41. The number of aryl methyl sites for hydroxylation is 2. The second kappa shape index (κ2) is 4.22. The highest BCUT2D eigenvalue weighted by atomic mass is 15.1. The van der Waals surface area contributed by atoms with Crippen molar-refractivity contribution >= 4 is 11.5 Å². The molecule has 0 saturated heterocycles. The van der Waals surface area contributed by atoms with Crippen molar-refractivity contribution in [3.05, 3.63) is 35.3 Å². The van der Waals surface area contributed by atoms with Crippen LogP contribution in [0.2, 0.25) is 0 Å². The number of aromatic amines is 1. The molecule has 0 radical (unpaired) electrons. The predicted molar refractivity (Wildman–Crippen MR) is 64.0 cm³/mol. The van der Waals surface area contributed by atoms with Gasteiger partial charge in [-0.15, -0.1) is 0 Å². The Bertz CT molecular complexity index is 489. The fourth-order valence-electron chi connectivity index (χ4n) is 1.44. The third-order valence-electron chi connectivity index (χ3n) is 2.59. The lowest BCUT2D eigenvalue weighted by atomic mass is 10.2. The summed E-state index contributed by atoms with van der Waals surface area (Å²) in [5.41, 5.74) is 9.81. The Morgan fingerprint density at radius 1 is 1.44 bits per heavy atom. The molecule has 0 saturated carbocycles. The maximum absolute atomic E-state index is 5.91. The van der Waals surface area contributed by atoms with Gasteiger partial charge in [0.1, 0.15) is 5.82 Å². The highest BCUT2D eigenvalue weighted by molar-refractivity contribution is 5.64. The van der Waals surface area contributed by atoms with Crippen LogP contribution in [-0.4, -0.2) is 15.2 Å². The molecule has 0 aromatic carbocycles. The predicted octanol–water partition coefficient (Wildman–Crippen LogP) is 1.62. The average molecular weight is 217 g/mol. The van der Waals surface area contributed by atoms with E-state index in [2.05, 4.69) is 20.5 Å². The lowest BCUT2D eigenvalue weighted by Crippen LogP contribution is -2.05. The van der Waals surface area contributed by atoms with E-state index in [9.17, 15) is 0 Å². The van der Waals surface area contributed by atoms with Crippen LogP contribution in [0.4, 0.5) is 11.5 Å². The van der Waals surface area contributed by atoms with Gasteiger partial charge in [-0.05, 0) is 25.5 Å². The first-order chi connectivity index (χ1) is 7.68. The Labute approximate surface area is 94.1 Å². The number of nitrogens with one attached hydrogen (secondary N) is 2. The van der Waals surface area contributed by atoms with Crippen LogP contribution in [0.5, 0.6) is 0 Å². The van der Waals surface area contributed by atoms with E-state index in [0.29, 0.717) is 12.2 Å². The number of nitrogens with zero attached hydrogens (tertiary/aromatic N) is 2. The Balaban J connectivity index is 2.11. The van der Waals surface area contributed by atoms with E-state index in [1.807, 2.05) is 19.9 Å². The van der Waals surface area contributed by atoms with Crippen molar-refractivity contribution < 1.29 is 0 Å². The van der Waals surface area contributed by atoms with Crippen molar-refractivity contribution in [3.63, 3.8) is 0 Å². The molecule has 0 aliphatic rings. The second-order valence-corrected chi connectivity index (χ2v) is 3.76. The standard InChI is InChI=1S/C11H15N5/c1-7-3-4-13-11(10(7)12)14-5-9-6-15-16-8(9)2/h3-4,6H,5,12H2,1-2H3,(H,13,14)(H,15,16). The molecule has 0 atom stereocenters. The maximum Gasteiger partial charge on any atom is 0.149 e.